The van der Waals surface area contributed by atoms with Crippen LogP contribution in [0.2, 0.25) is 0 Å². The molecule has 29 heavy (non-hydrogen) atoms. The number of carbonyl (C=O) groups excluding carboxylic acids is 1. The maximum atomic E-state index is 14.7. The van der Waals surface area contributed by atoms with Crippen molar-refractivity contribution in [1.82, 2.24) is 0 Å². The van der Waals surface area contributed by atoms with Gasteiger partial charge in [-0.25, -0.2) is 4.79 Å². The minimum absolute atomic E-state index is 0.101. The average Bonchev–Trinajstić information content (AvgIpc) is 2.73. The van der Waals surface area contributed by atoms with Gasteiger partial charge in [-0.3, -0.25) is 0 Å². The van der Waals surface area contributed by atoms with Crippen LogP contribution in [0.5, 0.6) is 0 Å². The topological polar surface area (TPSA) is 44.8 Å². The molecule has 0 spiro atoms. The van der Waals surface area contributed by atoms with E-state index in [1.54, 1.807) is 0 Å². The first-order chi connectivity index (χ1) is 14.0. The highest BCUT2D eigenvalue weighted by atomic mass is 19.3. The monoisotopic (exact) mass is 404 g/mol. The third-order valence-corrected chi connectivity index (χ3v) is 4.32. The largest absolute Gasteiger partial charge is 0.462 e. The van der Waals surface area contributed by atoms with Crippen molar-refractivity contribution in [2.45, 2.75) is 32.2 Å². The molecule has 0 aromatic heterocycles. The zero-order chi connectivity index (χ0) is 21.1. The molecule has 0 heterocycles. The van der Waals surface area contributed by atoms with Crippen LogP contribution < -0.4 is 0 Å². The van der Waals surface area contributed by atoms with Crippen LogP contribution in [0.3, 0.4) is 0 Å². The Morgan fingerprint density at radius 3 is 2.10 bits per heavy atom. The first-order valence-electron chi connectivity index (χ1n) is 9.43. The van der Waals surface area contributed by atoms with E-state index < -0.39 is 23.9 Å². The number of rotatable bonds is 12. The van der Waals surface area contributed by atoms with Crippen LogP contribution in [-0.4, -0.2) is 31.2 Å². The molecule has 1 unspecified atom stereocenters. The van der Waals surface area contributed by atoms with E-state index in [1.165, 1.54) is 6.92 Å². The number of halogens is 2. The lowest BCUT2D eigenvalue weighted by atomic mass is 9.95. The fourth-order valence-corrected chi connectivity index (χ4v) is 2.80. The molecule has 2 rings (SSSR count). The summed E-state index contributed by atoms with van der Waals surface area (Å²) in [5, 5.41) is 0. The number of benzene rings is 2. The van der Waals surface area contributed by atoms with Crippen molar-refractivity contribution < 1.29 is 27.8 Å². The lowest BCUT2D eigenvalue weighted by Gasteiger charge is -2.30. The van der Waals surface area contributed by atoms with Crippen LogP contribution in [0.1, 0.15) is 18.1 Å². The van der Waals surface area contributed by atoms with Gasteiger partial charge >= 0.3 is 11.9 Å². The van der Waals surface area contributed by atoms with Crippen molar-refractivity contribution in [2.24, 2.45) is 5.92 Å². The molecule has 0 radical (unpaired) electrons. The highest BCUT2D eigenvalue weighted by molar-refractivity contribution is 5.78. The van der Waals surface area contributed by atoms with Gasteiger partial charge in [0.2, 0.25) is 0 Å². The van der Waals surface area contributed by atoms with E-state index in [0.717, 1.165) is 17.2 Å². The van der Waals surface area contributed by atoms with Gasteiger partial charge in [-0.15, -0.1) is 6.58 Å². The van der Waals surface area contributed by atoms with Crippen molar-refractivity contribution in [2.75, 3.05) is 13.2 Å². The van der Waals surface area contributed by atoms with E-state index in [-0.39, 0.29) is 26.4 Å². The first kappa shape index (κ1) is 22.7. The summed E-state index contributed by atoms with van der Waals surface area (Å²) in [7, 11) is 0. The number of carbonyl (C=O) groups is 1. The van der Waals surface area contributed by atoms with E-state index in [2.05, 4.69) is 11.3 Å². The summed E-state index contributed by atoms with van der Waals surface area (Å²) in [5.74, 6) is -6.97. The van der Waals surface area contributed by atoms with Crippen LogP contribution in [0.4, 0.5) is 8.78 Å². The Labute approximate surface area is 170 Å². The number of ether oxygens (including phenoxy) is 3. The summed E-state index contributed by atoms with van der Waals surface area (Å²) in [5.41, 5.74) is 1.73. The second-order valence-corrected chi connectivity index (χ2v) is 6.44. The predicted molar refractivity (Wildman–Crippen MR) is 106 cm³/mol. The Kier molecular flexibility index (Phi) is 8.96. The quantitative estimate of drug-likeness (QED) is 0.377. The molecule has 0 amide bonds. The van der Waals surface area contributed by atoms with Gasteiger partial charge in [0.1, 0.15) is 0 Å². The van der Waals surface area contributed by atoms with E-state index in [4.69, 9.17) is 9.47 Å². The Balaban J connectivity index is 2.11. The molecule has 4 nitrogen and oxygen atoms in total. The summed E-state index contributed by atoms with van der Waals surface area (Å²) in [4.78, 5) is 11.8. The number of hydrogen-bond donors (Lipinski definition) is 0. The highest BCUT2D eigenvalue weighted by Gasteiger charge is 2.51. The Morgan fingerprint density at radius 1 is 1.03 bits per heavy atom. The van der Waals surface area contributed by atoms with Crippen molar-refractivity contribution in [3.63, 3.8) is 0 Å². The first-order valence-corrected chi connectivity index (χ1v) is 9.43. The molecule has 6 heteroatoms. The summed E-state index contributed by atoms with van der Waals surface area (Å²) < 4.78 is 45.4. The maximum absolute atomic E-state index is 14.7. The number of alkyl halides is 2. The molecule has 0 aliphatic carbocycles. The van der Waals surface area contributed by atoms with Crippen LogP contribution >= 0.6 is 0 Å². The smallest absolute Gasteiger partial charge is 0.377 e. The van der Waals surface area contributed by atoms with Gasteiger partial charge in [-0.1, -0.05) is 66.7 Å². The van der Waals surface area contributed by atoms with E-state index in [0.29, 0.717) is 0 Å². The second kappa shape index (κ2) is 11.4. The molecular formula is C23H26F2O4. The third kappa shape index (κ3) is 6.76. The molecule has 0 aliphatic rings. The van der Waals surface area contributed by atoms with E-state index in [1.807, 2.05) is 60.7 Å². The molecule has 156 valence electrons. The summed E-state index contributed by atoms with van der Waals surface area (Å²) in [6.45, 7) is 5.03. The summed E-state index contributed by atoms with van der Waals surface area (Å²) in [6.07, 6.45) is -0.0610. The summed E-state index contributed by atoms with van der Waals surface area (Å²) in [6, 6.07) is 18.5. The number of esters is 1. The second-order valence-electron chi connectivity index (χ2n) is 6.44. The Bertz CT molecular complexity index is 750. The van der Waals surface area contributed by atoms with Crippen LogP contribution in [0.25, 0.3) is 0 Å². The Hall–Kier alpha value is -2.57. The average molecular weight is 404 g/mol. The zero-order valence-electron chi connectivity index (χ0n) is 16.4. The van der Waals surface area contributed by atoms with Gasteiger partial charge < -0.3 is 14.2 Å². The van der Waals surface area contributed by atoms with Gasteiger partial charge in [0.25, 0.3) is 0 Å². The standard InChI is InChI=1S/C23H26F2O4/c1-3-20(23(24,25)22(26)28-4-2)21(29-16-19-13-9-6-10-14-19)17-27-15-18-11-7-5-8-12-18/h3,5-14,20-21H,1,4,15-17H2,2H3/t20?,21-/m1/s1. The molecule has 0 N–H and O–H groups in total. The van der Waals surface area contributed by atoms with Gasteiger partial charge in [0.05, 0.1) is 38.4 Å². The highest BCUT2D eigenvalue weighted by Crippen LogP contribution is 2.32. The molecule has 0 saturated heterocycles. The normalized spacial score (nSPS) is 13.5. The van der Waals surface area contributed by atoms with Crippen molar-refractivity contribution in [1.29, 1.82) is 0 Å². The molecule has 2 aromatic carbocycles. The minimum Gasteiger partial charge on any atom is -0.462 e. The Morgan fingerprint density at radius 2 is 1.59 bits per heavy atom. The van der Waals surface area contributed by atoms with Gasteiger partial charge in [-0.2, -0.15) is 8.78 Å². The van der Waals surface area contributed by atoms with Gasteiger partial charge in [0, 0.05) is 0 Å². The van der Waals surface area contributed by atoms with Gasteiger partial charge in [0.15, 0.2) is 0 Å². The molecule has 0 saturated carbocycles. The number of hydrogen-bond acceptors (Lipinski definition) is 4. The summed E-state index contributed by atoms with van der Waals surface area (Å²) >= 11 is 0. The SMILES string of the molecule is C=CC([C@@H](COCc1ccccc1)OCc1ccccc1)C(F)(F)C(=O)OCC. The molecule has 2 aromatic rings. The van der Waals surface area contributed by atoms with E-state index >= 15 is 0 Å². The van der Waals surface area contributed by atoms with Crippen molar-refractivity contribution in [3.05, 3.63) is 84.4 Å². The maximum Gasteiger partial charge on any atom is 0.377 e. The molecule has 0 aliphatic heterocycles. The fourth-order valence-electron chi connectivity index (χ4n) is 2.80. The molecule has 2 atom stereocenters. The van der Waals surface area contributed by atoms with Crippen molar-refractivity contribution in [3.8, 4) is 0 Å². The van der Waals surface area contributed by atoms with Gasteiger partial charge in [-0.05, 0) is 18.1 Å². The van der Waals surface area contributed by atoms with E-state index in [9.17, 15) is 13.6 Å². The van der Waals surface area contributed by atoms with Crippen LogP contribution in [0.15, 0.2) is 73.3 Å². The molecule has 0 fully saturated rings. The third-order valence-electron chi connectivity index (χ3n) is 4.32. The molecule has 0 bridgehead atoms. The fraction of sp³-hybridized carbons (Fsp3) is 0.348. The van der Waals surface area contributed by atoms with Crippen LogP contribution in [-0.2, 0) is 32.2 Å². The van der Waals surface area contributed by atoms with Crippen LogP contribution in [0, 0.1) is 5.92 Å². The zero-order valence-corrected chi connectivity index (χ0v) is 16.4. The predicted octanol–water partition coefficient (Wildman–Crippen LogP) is 4.79. The minimum atomic E-state index is -3.78. The molecular weight excluding hydrogens is 378 g/mol. The van der Waals surface area contributed by atoms with Crippen molar-refractivity contribution >= 4 is 5.97 Å². The lowest BCUT2D eigenvalue weighted by Crippen LogP contribution is -2.46. The lowest BCUT2D eigenvalue weighted by molar-refractivity contribution is -0.188.